The van der Waals surface area contributed by atoms with Gasteiger partial charge in [0.05, 0.1) is 11.0 Å². The summed E-state index contributed by atoms with van der Waals surface area (Å²) >= 11 is 3.17. The fourth-order valence-electron chi connectivity index (χ4n) is 4.21. The van der Waals surface area contributed by atoms with Crippen molar-refractivity contribution in [1.29, 1.82) is 0 Å². The molecule has 0 aliphatic carbocycles. The molecule has 0 amide bonds. The number of halogens is 4. The number of nitrogens with zero attached hydrogens (tertiary/aromatic N) is 1. The fourth-order valence-corrected chi connectivity index (χ4v) is 4.68. The highest BCUT2D eigenvalue weighted by atomic mass is 79.9. The summed E-state index contributed by atoms with van der Waals surface area (Å²) in [5, 5.41) is 0. The molecule has 0 radical (unpaired) electrons. The van der Waals surface area contributed by atoms with Crippen molar-refractivity contribution in [3.8, 4) is 5.75 Å². The van der Waals surface area contributed by atoms with Crippen LogP contribution in [0.4, 0.5) is 18.9 Å². The van der Waals surface area contributed by atoms with Crippen molar-refractivity contribution in [3.63, 3.8) is 0 Å². The molecule has 1 spiro atoms. The third-order valence-electron chi connectivity index (χ3n) is 5.71. The van der Waals surface area contributed by atoms with E-state index in [2.05, 4.69) is 22.0 Å². The van der Waals surface area contributed by atoms with Crippen LogP contribution in [0.3, 0.4) is 0 Å². The van der Waals surface area contributed by atoms with Gasteiger partial charge in [-0.05, 0) is 56.7 Å². The number of likely N-dealkylation sites (N-methyl/N-ethyl adjacent to an activating group) is 1. The minimum Gasteiger partial charge on any atom is -0.462 e. The Kier molecular flexibility index (Phi) is 3.77. The van der Waals surface area contributed by atoms with Crippen LogP contribution in [0.2, 0.25) is 0 Å². The normalized spacial score (nSPS) is 22.6. The van der Waals surface area contributed by atoms with Crippen LogP contribution in [0.25, 0.3) is 6.08 Å². The van der Waals surface area contributed by atoms with Crippen LogP contribution in [0.1, 0.15) is 36.1 Å². The summed E-state index contributed by atoms with van der Waals surface area (Å²) in [6.07, 6.45) is -0.905. The monoisotopic (exact) mass is 437 g/mol. The zero-order valence-electron chi connectivity index (χ0n) is 15.4. The SMILES string of the molecule is Cc1ccc2c(c1)C(C)(C)C1(C=Cc3cc(Br)cc(C(F)(F)F)c3O1)N2C. The van der Waals surface area contributed by atoms with Crippen LogP contribution in [0.15, 0.2) is 40.9 Å². The molecule has 1 unspecified atom stereocenters. The van der Waals surface area contributed by atoms with Gasteiger partial charge in [-0.25, -0.2) is 0 Å². The maximum atomic E-state index is 13.7. The van der Waals surface area contributed by atoms with Gasteiger partial charge in [-0.1, -0.05) is 33.6 Å². The first kappa shape index (κ1) is 18.4. The third-order valence-corrected chi connectivity index (χ3v) is 6.17. The average Bonchev–Trinajstić information content (AvgIpc) is 2.72. The molecule has 2 heterocycles. The molecule has 1 atom stereocenters. The number of ether oxygens (including phenoxy) is 1. The molecule has 27 heavy (non-hydrogen) atoms. The van der Waals surface area contributed by atoms with Crippen LogP contribution >= 0.6 is 15.9 Å². The molecule has 2 nitrogen and oxygen atoms in total. The third kappa shape index (κ3) is 2.45. The molecule has 2 aliphatic heterocycles. The van der Waals surface area contributed by atoms with Gasteiger partial charge >= 0.3 is 6.18 Å². The Morgan fingerprint density at radius 1 is 1.11 bits per heavy atom. The van der Waals surface area contributed by atoms with Crippen LogP contribution in [-0.2, 0) is 11.6 Å². The van der Waals surface area contributed by atoms with Crippen molar-refractivity contribution in [2.45, 2.75) is 38.1 Å². The van der Waals surface area contributed by atoms with Gasteiger partial charge in [0.1, 0.15) is 5.75 Å². The van der Waals surface area contributed by atoms with Crippen LogP contribution in [0.5, 0.6) is 5.75 Å². The second kappa shape index (κ2) is 5.53. The molecule has 0 saturated carbocycles. The predicted molar refractivity (Wildman–Crippen MR) is 104 cm³/mol. The lowest BCUT2D eigenvalue weighted by Gasteiger charge is -2.46. The fraction of sp³-hybridized carbons (Fsp3) is 0.333. The number of hydrogen-bond acceptors (Lipinski definition) is 2. The van der Waals surface area contributed by atoms with E-state index >= 15 is 0 Å². The van der Waals surface area contributed by atoms with E-state index in [1.165, 1.54) is 0 Å². The average molecular weight is 438 g/mol. The molecule has 2 aliphatic rings. The number of alkyl halides is 3. The Morgan fingerprint density at radius 3 is 2.48 bits per heavy atom. The first-order valence-corrected chi connectivity index (χ1v) is 9.41. The van der Waals surface area contributed by atoms with Crippen LogP contribution < -0.4 is 9.64 Å². The van der Waals surface area contributed by atoms with Crippen molar-refractivity contribution in [3.05, 3.63) is 63.1 Å². The maximum absolute atomic E-state index is 13.7. The highest BCUT2D eigenvalue weighted by Crippen LogP contribution is 2.56. The second-order valence-electron chi connectivity index (χ2n) is 7.71. The zero-order chi connectivity index (χ0) is 19.8. The van der Waals surface area contributed by atoms with Gasteiger partial charge in [0, 0.05) is 22.8 Å². The first-order valence-electron chi connectivity index (χ1n) is 8.61. The zero-order valence-corrected chi connectivity index (χ0v) is 17.0. The molecule has 6 heteroatoms. The summed E-state index contributed by atoms with van der Waals surface area (Å²) < 4.78 is 47.7. The van der Waals surface area contributed by atoms with E-state index in [1.807, 2.05) is 50.9 Å². The van der Waals surface area contributed by atoms with Gasteiger partial charge in [-0.2, -0.15) is 13.2 Å². The molecule has 4 rings (SSSR count). The minimum absolute atomic E-state index is 0.127. The summed E-state index contributed by atoms with van der Waals surface area (Å²) in [4.78, 5) is 1.93. The molecule has 0 fully saturated rings. The number of anilines is 1. The summed E-state index contributed by atoms with van der Waals surface area (Å²) in [6, 6.07) is 8.81. The molecular formula is C21H19BrF3NO. The van der Waals surface area contributed by atoms with E-state index in [0.717, 1.165) is 22.9 Å². The van der Waals surface area contributed by atoms with Gasteiger partial charge < -0.3 is 9.64 Å². The van der Waals surface area contributed by atoms with Crippen molar-refractivity contribution < 1.29 is 17.9 Å². The molecule has 2 aromatic carbocycles. The smallest absolute Gasteiger partial charge is 0.420 e. The lowest BCUT2D eigenvalue weighted by molar-refractivity contribution is -0.140. The Balaban J connectivity index is 1.93. The topological polar surface area (TPSA) is 12.5 Å². The van der Waals surface area contributed by atoms with Crippen molar-refractivity contribution >= 4 is 27.7 Å². The number of fused-ring (bicyclic) bond motifs is 2. The molecule has 0 N–H and O–H groups in total. The molecule has 0 aromatic heterocycles. The maximum Gasteiger partial charge on any atom is 0.420 e. The molecule has 142 valence electrons. The standard InChI is InChI=1S/C21H19BrF3NO/c1-12-5-6-17-15(9-12)19(2,3)20(26(17)4)8-7-13-10-14(22)11-16(18(13)27-20)21(23,24)25/h5-11H,1-4H3. The van der Waals surface area contributed by atoms with Crippen molar-refractivity contribution in [2.24, 2.45) is 0 Å². The largest absolute Gasteiger partial charge is 0.462 e. The number of rotatable bonds is 0. The first-order chi connectivity index (χ1) is 12.5. The van der Waals surface area contributed by atoms with E-state index < -0.39 is 22.9 Å². The van der Waals surface area contributed by atoms with Crippen LogP contribution in [-0.4, -0.2) is 12.8 Å². The number of aryl methyl sites for hydroxylation is 1. The molecular weight excluding hydrogens is 419 g/mol. The van der Waals surface area contributed by atoms with Gasteiger partial charge in [0.15, 0.2) is 0 Å². The highest BCUT2D eigenvalue weighted by Gasteiger charge is 2.58. The summed E-state index contributed by atoms with van der Waals surface area (Å²) in [6.45, 7) is 6.03. The van der Waals surface area contributed by atoms with E-state index in [4.69, 9.17) is 4.74 Å². The Labute approximate surface area is 164 Å². The second-order valence-corrected chi connectivity index (χ2v) is 8.62. The molecule has 0 saturated heterocycles. The summed E-state index contributed by atoms with van der Waals surface area (Å²) in [5.74, 6) is -0.127. The Morgan fingerprint density at radius 2 is 1.81 bits per heavy atom. The van der Waals surface area contributed by atoms with E-state index in [1.54, 1.807) is 12.1 Å². The summed E-state index contributed by atoms with van der Waals surface area (Å²) in [5.41, 5.74) is 1.18. The molecule has 0 bridgehead atoms. The van der Waals surface area contributed by atoms with Crippen LogP contribution in [0, 0.1) is 6.92 Å². The van der Waals surface area contributed by atoms with Gasteiger partial charge in [-0.15, -0.1) is 0 Å². The van der Waals surface area contributed by atoms with Gasteiger partial charge in [0.25, 0.3) is 0 Å². The lowest BCUT2D eigenvalue weighted by atomic mass is 9.76. The van der Waals surface area contributed by atoms with Crippen molar-refractivity contribution in [1.82, 2.24) is 0 Å². The van der Waals surface area contributed by atoms with Gasteiger partial charge in [-0.3, -0.25) is 0 Å². The minimum atomic E-state index is -4.51. The van der Waals surface area contributed by atoms with E-state index in [0.29, 0.717) is 10.0 Å². The predicted octanol–water partition coefficient (Wildman–Crippen LogP) is 6.31. The number of benzene rings is 2. The van der Waals surface area contributed by atoms with Crippen molar-refractivity contribution in [2.75, 3.05) is 11.9 Å². The van der Waals surface area contributed by atoms with E-state index in [9.17, 15) is 13.2 Å². The summed E-state index contributed by atoms with van der Waals surface area (Å²) in [7, 11) is 1.87. The lowest BCUT2D eigenvalue weighted by Crippen LogP contribution is -2.58. The molecule has 2 aromatic rings. The number of hydrogen-bond donors (Lipinski definition) is 0. The van der Waals surface area contributed by atoms with Gasteiger partial charge in [0.2, 0.25) is 5.72 Å². The Bertz CT molecular complexity index is 980. The quantitative estimate of drug-likeness (QED) is 0.478. The van der Waals surface area contributed by atoms with E-state index in [-0.39, 0.29) is 5.75 Å². The Hall–Kier alpha value is -1.95. The highest BCUT2D eigenvalue weighted by molar-refractivity contribution is 9.10.